The minimum absolute atomic E-state index is 0.477. The quantitative estimate of drug-likeness (QED) is 0.589. The monoisotopic (exact) mass is 288 g/mol. The van der Waals surface area contributed by atoms with E-state index < -0.39 is 6.10 Å². The summed E-state index contributed by atoms with van der Waals surface area (Å²) in [6, 6.07) is 11.7. The molecule has 1 aromatic carbocycles. The Bertz CT molecular complexity index is 669. The third-order valence-corrected chi connectivity index (χ3v) is 4.69. The topological polar surface area (TPSA) is 46.0 Å². The lowest BCUT2D eigenvalue weighted by molar-refractivity contribution is 0.204. The van der Waals surface area contributed by atoms with Gasteiger partial charge in [-0.25, -0.2) is 9.97 Å². The Balaban J connectivity index is 1.74. The fourth-order valence-electron chi connectivity index (χ4n) is 1.81. The molecule has 0 amide bonds. The van der Waals surface area contributed by atoms with Crippen molar-refractivity contribution in [3.05, 3.63) is 53.7 Å². The van der Waals surface area contributed by atoms with Crippen molar-refractivity contribution < 1.29 is 5.11 Å². The summed E-state index contributed by atoms with van der Waals surface area (Å²) in [6.07, 6.45) is 1.10. The van der Waals surface area contributed by atoms with Crippen molar-refractivity contribution in [2.45, 2.75) is 11.1 Å². The van der Waals surface area contributed by atoms with E-state index in [0.29, 0.717) is 5.75 Å². The van der Waals surface area contributed by atoms with Crippen LogP contribution in [-0.4, -0.2) is 20.8 Å². The van der Waals surface area contributed by atoms with Gasteiger partial charge in [-0.15, -0.1) is 23.1 Å². The second-order valence-corrected chi connectivity index (χ2v) is 5.96. The van der Waals surface area contributed by atoms with Crippen LogP contribution in [0.15, 0.2) is 53.1 Å². The molecule has 3 rings (SSSR count). The second-order valence-electron chi connectivity index (χ2n) is 4.06. The van der Waals surface area contributed by atoms with E-state index in [-0.39, 0.29) is 0 Å². The van der Waals surface area contributed by atoms with E-state index in [1.165, 1.54) is 0 Å². The maximum absolute atomic E-state index is 10.1. The van der Waals surface area contributed by atoms with Gasteiger partial charge in [0.05, 0.1) is 6.10 Å². The number of thiophene rings is 1. The smallest absolute Gasteiger partial charge is 0.127 e. The van der Waals surface area contributed by atoms with Gasteiger partial charge < -0.3 is 5.11 Å². The van der Waals surface area contributed by atoms with Crippen molar-refractivity contribution >= 4 is 33.3 Å². The zero-order chi connectivity index (χ0) is 13.1. The summed E-state index contributed by atoms with van der Waals surface area (Å²) in [4.78, 5) is 9.50. The molecule has 2 heterocycles. The Labute approximate surface area is 119 Å². The molecular weight excluding hydrogens is 276 g/mol. The van der Waals surface area contributed by atoms with Gasteiger partial charge in [-0.05, 0) is 17.0 Å². The van der Waals surface area contributed by atoms with Gasteiger partial charge in [0.1, 0.15) is 16.2 Å². The summed E-state index contributed by atoms with van der Waals surface area (Å²) in [5, 5.41) is 14.2. The molecule has 1 unspecified atom stereocenters. The SMILES string of the molecule is OC(CSc1ncnc2sccc12)c1ccccc1. The number of nitrogens with zero attached hydrogens (tertiary/aromatic N) is 2. The maximum Gasteiger partial charge on any atom is 0.127 e. The van der Waals surface area contributed by atoms with Crippen LogP contribution in [-0.2, 0) is 0 Å². The molecule has 1 atom stereocenters. The van der Waals surface area contributed by atoms with E-state index >= 15 is 0 Å². The summed E-state index contributed by atoms with van der Waals surface area (Å²) >= 11 is 3.17. The molecule has 96 valence electrons. The van der Waals surface area contributed by atoms with Crippen LogP contribution < -0.4 is 0 Å². The molecule has 0 aliphatic rings. The van der Waals surface area contributed by atoms with Crippen molar-refractivity contribution in [2.24, 2.45) is 0 Å². The number of aromatic nitrogens is 2. The summed E-state index contributed by atoms with van der Waals surface area (Å²) in [5.41, 5.74) is 0.936. The van der Waals surface area contributed by atoms with E-state index in [1.807, 2.05) is 41.8 Å². The molecule has 0 fully saturated rings. The first-order chi connectivity index (χ1) is 9.34. The van der Waals surface area contributed by atoms with E-state index in [2.05, 4.69) is 9.97 Å². The fourth-order valence-corrected chi connectivity index (χ4v) is 3.56. The third kappa shape index (κ3) is 2.78. The van der Waals surface area contributed by atoms with Crippen molar-refractivity contribution in [3.8, 4) is 0 Å². The first-order valence-electron chi connectivity index (χ1n) is 5.88. The van der Waals surface area contributed by atoms with E-state index in [9.17, 15) is 5.11 Å². The van der Waals surface area contributed by atoms with Crippen LogP contribution in [0.1, 0.15) is 11.7 Å². The highest BCUT2D eigenvalue weighted by Gasteiger charge is 2.10. The fraction of sp³-hybridized carbons (Fsp3) is 0.143. The normalized spacial score (nSPS) is 12.7. The predicted molar refractivity (Wildman–Crippen MR) is 79.5 cm³/mol. The Morgan fingerprint density at radius 1 is 1.16 bits per heavy atom. The molecule has 0 aliphatic heterocycles. The highest BCUT2D eigenvalue weighted by molar-refractivity contribution is 7.99. The number of thioether (sulfide) groups is 1. The lowest BCUT2D eigenvalue weighted by Crippen LogP contribution is -2.00. The molecule has 0 aliphatic carbocycles. The zero-order valence-electron chi connectivity index (χ0n) is 10.1. The van der Waals surface area contributed by atoms with Gasteiger partial charge in [-0.3, -0.25) is 0 Å². The Kier molecular flexibility index (Phi) is 3.77. The Hall–Kier alpha value is -1.43. The van der Waals surface area contributed by atoms with Gasteiger partial charge >= 0.3 is 0 Å². The first kappa shape index (κ1) is 12.6. The number of hydrogen-bond acceptors (Lipinski definition) is 5. The molecule has 3 aromatic rings. The molecule has 0 saturated heterocycles. The average Bonchev–Trinajstić information content (AvgIpc) is 2.94. The molecule has 0 bridgehead atoms. The lowest BCUT2D eigenvalue weighted by Gasteiger charge is -2.10. The number of rotatable bonds is 4. The average molecular weight is 288 g/mol. The van der Waals surface area contributed by atoms with Crippen LogP contribution in [0.2, 0.25) is 0 Å². The Morgan fingerprint density at radius 3 is 2.84 bits per heavy atom. The number of benzene rings is 1. The molecule has 5 heteroatoms. The van der Waals surface area contributed by atoms with Gasteiger partial charge in [0.2, 0.25) is 0 Å². The van der Waals surface area contributed by atoms with E-state index in [4.69, 9.17) is 0 Å². The van der Waals surface area contributed by atoms with Crippen LogP contribution in [0.3, 0.4) is 0 Å². The summed E-state index contributed by atoms with van der Waals surface area (Å²) < 4.78 is 0. The standard InChI is InChI=1S/C14H12N2OS2/c17-12(10-4-2-1-3-5-10)8-19-14-11-6-7-18-13(11)15-9-16-14/h1-7,9,12,17H,8H2. The van der Waals surface area contributed by atoms with Crippen LogP contribution in [0.4, 0.5) is 0 Å². The highest BCUT2D eigenvalue weighted by Crippen LogP contribution is 2.30. The molecule has 3 nitrogen and oxygen atoms in total. The molecule has 0 spiro atoms. The number of aliphatic hydroxyl groups excluding tert-OH is 1. The zero-order valence-corrected chi connectivity index (χ0v) is 11.7. The van der Waals surface area contributed by atoms with Gasteiger partial charge in [-0.1, -0.05) is 30.3 Å². The van der Waals surface area contributed by atoms with Crippen LogP contribution in [0.5, 0.6) is 0 Å². The minimum atomic E-state index is -0.477. The van der Waals surface area contributed by atoms with E-state index in [0.717, 1.165) is 20.8 Å². The molecule has 2 aromatic heterocycles. The van der Waals surface area contributed by atoms with Gasteiger partial charge in [-0.2, -0.15) is 0 Å². The van der Waals surface area contributed by atoms with Crippen molar-refractivity contribution in [3.63, 3.8) is 0 Å². The van der Waals surface area contributed by atoms with Crippen LogP contribution in [0.25, 0.3) is 10.2 Å². The molecular formula is C14H12N2OS2. The Morgan fingerprint density at radius 2 is 2.00 bits per heavy atom. The maximum atomic E-state index is 10.1. The summed E-state index contributed by atoms with van der Waals surface area (Å²) in [5.74, 6) is 0.589. The summed E-state index contributed by atoms with van der Waals surface area (Å²) in [6.45, 7) is 0. The van der Waals surface area contributed by atoms with Crippen molar-refractivity contribution in [2.75, 3.05) is 5.75 Å². The molecule has 19 heavy (non-hydrogen) atoms. The minimum Gasteiger partial charge on any atom is -0.388 e. The summed E-state index contributed by atoms with van der Waals surface area (Å²) in [7, 11) is 0. The number of fused-ring (bicyclic) bond motifs is 1. The first-order valence-corrected chi connectivity index (χ1v) is 7.75. The second kappa shape index (κ2) is 5.69. The van der Waals surface area contributed by atoms with E-state index in [1.54, 1.807) is 29.4 Å². The van der Waals surface area contributed by atoms with Crippen LogP contribution >= 0.6 is 23.1 Å². The highest BCUT2D eigenvalue weighted by atomic mass is 32.2. The van der Waals surface area contributed by atoms with Gasteiger partial charge in [0, 0.05) is 11.1 Å². The molecule has 0 radical (unpaired) electrons. The van der Waals surface area contributed by atoms with Gasteiger partial charge in [0.15, 0.2) is 0 Å². The van der Waals surface area contributed by atoms with Crippen molar-refractivity contribution in [1.29, 1.82) is 0 Å². The number of hydrogen-bond donors (Lipinski definition) is 1. The molecule has 1 N–H and O–H groups in total. The van der Waals surface area contributed by atoms with Crippen molar-refractivity contribution in [1.82, 2.24) is 9.97 Å². The van der Waals surface area contributed by atoms with Gasteiger partial charge in [0.25, 0.3) is 0 Å². The third-order valence-electron chi connectivity index (χ3n) is 2.79. The van der Waals surface area contributed by atoms with Crippen LogP contribution in [0, 0.1) is 0 Å². The predicted octanol–water partition coefficient (Wildman–Crippen LogP) is 3.52. The molecule has 0 saturated carbocycles. The largest absolute Gasteiger partial charge is 0.388 e. The number of aliphatic hydroxyl groups is 1. The lowest BCUT2D eigenvalue weighted by atomic mass is 10.1.